The number of fused-ring (bicyclic) bond motifs is 1. The van der Waals surface area contributed by atoms with Gasteiger partial charge in [0.05, 0.1) is 19.8 Å². The summed E-state index contributed by atoms with van der Waals surface area (Å²) in [5.74, 6) is -2.28. The average Bonchev–Trinajstić information content (AvgIpc) is 2.99. The first-order chi connectivity index (χ1) is 20.8. The number of aromatic hydroxyl groups is 3. The van der Waals surface area contributed by atoms with E-state index in [1.54, 1.807) is 0 Å². The largest absolute Gasteiger partial charge is 0.504 e. The van der Waals surface area contributed by atoms with Gasteiger partial charge >= 0.3 is 0 Å². The molecule has 1 aromatic heterocycles. The number of methoxy groups -OCH3 is 1. The summed E-state index contributed by atoms with van der Waals surface area (Å²) in [4.78, 5) is 13.1. The van der Waals surface area contributed by atoms with Gasteiger partial charge in [0, 0.05) is 17.7 Å². The van der Waals surface area contributed by atoms with E-state index in [-0.39, 0.29) is 33.8 Å². The van der Waals surface area contributed by atoms with Crippen molar-refractivity contribution in [3.63, 3.8) is 0 Å². The zero-order valence-electron chi connectivity index (χ0n) is 23.3. The van der Waals surface area contributed by atoms with Crippen LogP contribution in [0, 0.1) is 0 Å². The summed E-state index contributed by atoms with van der Waals surface area (Å²) < 4.78 is 33.1. The molecule has 16 nitrogen and oxygen atoms in total. The van der Waals surface area contributed by atoms with E-state index in [0.29, 0.717) is 0 Å². The van der Waals surface area contributed by atoms with E-state index in [9.17, 15) is 50.8 Å². The molecule has 2 aliphatic rings. The van der Waals surface area contributed by atoms with Gasteiger partial charge in [-0.3, -0.25) is 4.79 Å². The van der Waals surface area contributed by atoms with Crippen LogP contribution in [0.5, 0.6) is 28.7 Å². The van der Waals surface area contributed by atoms with Crippen LogP contribution in [0.1, 0.15) is 6.92 Å². The van der Waals surface area contributed by atoms with Crippen molar-refractivity contribution in [2.75, 3.05) is 13.7 Å². The third-order valence-electron chi connectivity index (χ3n) is 7.53. The first-order valence-electron chi connectivity index (χ1n) is 13.4. The van der Waals surface area contributed by atoms with Gasteiger partial charge in [0.15, 0.2) is 34.7 Å². The smallest absolute Gasteiger partial charge is 0.229 e. The lowest BCUT2D eigenvalue weighted by molar-refractivity contribution is -0.318. The molecule has 2 fully saturated rings. The first-order valence-corrected chi connectivity index (χ1v) is 13.4. The quantitative estimate of drug-likeness (QED) is 0.137. The number of phenolic OH excluding ortho intramolecular Hbond substituents is 3. The van der Waals surface area contributed by atoms with Gasteiger partial charge in [0.2, 0.25) is 12.0 Å². The molecule has 16 heteroatoms. The van der Waals surface area contributed by atoms with Crippen molar-refractivity contribution in [2.24, 2.45) is 0 Å². The van der Waals surface area contributed by atoms with E-state index in [1.807, 2.05) is 0 Å². The molecule has 0 unspecified atom stereocenters. The minimum Gasteiger partial charge on any atom is -0.504 e. The number of benzene rings is 2. The second-order valence-corrected chi connectivity index (χ2v) is 10.5. The van der Waals surface area contributed by atoms with Crippen LogP contribution in [0.2, 0.25) is 0 Å². The van der Waals surface area contributed by atoms with Gasteiger partial charge < -0.3 is 74.1 Å². The van der Waals surface area contributed by atoms with E-state index >= 15 is 0 Å². The fourth-order valence-electron chi connectivity index (χ4n) is 4.95. The predicted molar refractivity (Wildman–Crippen MR) is 145 cm³/mol. The molecule has 2 saturated heterocycles. The standard InChI is InChI=1S/C28H32O16/c1-9-19(32)22(35)24(37)27(41-9)40-8-17-20(33)23(36)25(38)28(43-17)44-26-16(39-2)7-15-18(21(26)34)13(31)6-14(42-15)10-3-4-11(29)12(30)5-10/h3-7,9,17,19-20,22-25,27-30,32-38H,8H2,1-2H3/t9-,17+,19-,20+,22+,23-,24+,25+,27-,28-/m0/s1. The van der Waals surface area contributed by atoms with Crippen molar-refractivity contribution in [1.29, 1.82) is 0 Å². The average molecular weight is 625 g/mol. The molecule has 240 valence electrons. The topological polar surface area (TPSA) is 258 Å². The highest BCUT2D eigenvalue weighted by Crippen LogP contribution is 2.44. The maximum atomic E-state index is 13.1. The molecule has 2 aromatic carbocycles. The van der Waals surface area contributed by atoms with Gasteiger partial charge in [0.25, 0.3) is 0 Å². The molecule has 10 atom stereocenters. The van der Waals surface area contributed by atoms with E-state index in [2.05, 4.69) is 0 Å². The highest BCUT2D eigenvalue weighted by atomic mass is 16.7. The highest BCUT2D eigenvalue weighted by molar-refractivity contribution is 5.89. The molecule has 0 saturated carbocycles. The van der Waals surface area contributed by atoms with Gasteiger partial charge in [-0.15, -0.1) is 0 Å². The van der Waals surface area contributed by atoms with Gasteiger partial charge in [-0.05, 0) is 25.1 Å². The molecule has 5 rings (SSSR count). The van der Waals surface area contributed by atoms with Crippen LogP contribution >= 0.6 is 0 Å². The van der Waals surface area contributed by atoms with E-state index in [0.717, 1.165) is 6.07 Å². The van der Waals surface area contributed by atoms with Gasteiger partial charge in [-0.1, -0.05) is 0 Å². The summed E-state index contributed by atoms with van der Waals surface area (Å²) in [7, 11) is 1.21. The lowest BCUT2D eigenvalue weighted by Crippen LogP contribution is -2.61. The molecule has 0 amide bonds. The van der Waals surface area contributed by atoms with Crippen LogP contribution in [0.3, 0.4) is 0 Å². The lowest BCUT2D eigenvalue weighted by atomic mass is 9.98. The predicted octanol–water partition coefficient (Wildman–Crippen LogP) is -1.38. The Balaban J connectivity index is 1.41. The maximum absolute atomic E-state index is 13.1. The Morgan fingerprint density at radius 2 is 1.48 bits per heavy atom. The maximum Gasteiger partial charge on any atom is 0.229 e. The molecule has 9 N–H and O–H groups in total. The van der Waals surface area contributed by atoms with Crippen molar-refractivity contribution in [2.45, 2.75) is 68.3 Å². The summed E-state index contributed by atoms with van der Waals surface area (Å²) in [6.45, 7) is 0.886. The number of hydrogen-bond acceptors (Lipinski definition) is 16. The molecule has 3 aromatic rings. The summed E-state index contributed by atoms with van der Waals surface area (Å²) in [6, 6.07) is 5.99. The SMILES string of the molecule is COc1cc2oc(-c3ccc(O)c(O)c3)cc(=O)c2c(O)c1O[C@@H]1O[C@H](CO[C@H]2O[C@@H](C)[C@H](O)[C@@H](O)[C@H]2O)[C@@H](O)[C@H](O)[C@H]1O. The lowest BCUT2D eigenvalue weighted by Gasteiger charge is -2.42. The van der Waals surface area contributed by atoms with Crippen LogP contribution in [0.25, 0.3) is 22.3 Å². The second-order valence-electron chi connectivity index (χ2n) is 10.5. The van der Waals surface area contributed by atoms with Crippen molar-refractivity contribution in [3.8, 4) is 40.1 Å². The fraction of sp³-hybridized carbons (Fsp3) is 0.464. The fourth-order valence-corrected chi connectivity index (χ4v) is 4.95. The number of phenols is 3. The normalized spacial score (nSPS) is 32.5. The first kappa shape index (κ1) is 31.7. The minimum absolute atomic E-state index is 0.0117. The van der Waals surface area contributed by atoms with Crippen LogP contribution in [0.15, 0.2) is 39.5 Å². The molecule has 2 aliphatic heterocycles. The van der Waals surface area contributed by atoms with Crippen molar-refractivity contribution in [3.05, 3.63) is 40.6 Å². The third kappa shape index (κ3) is 5.74. The van der Waals surface area contributed by atoms with Gasteiger partial charge in [-0.2, -0.15) is 0 Å². The Labute approximate surface area is 248 Å². The number of aliphatic hydroxyl groups is 6. The van der Waals surface area contributed by atoms with Gasteiger partial charge in [-0.25, -0.2) is 0 Å². The minimum atomic E-state index is -1.88. The zero-order chi connectivity index (χ0) is 32.0. The third-order valence-corrected chi connectivity index (χ3v) is 7.53. The van der Waals surface area contributed by atoms with E-state index in [4.69, 9.17) is 28.1 Å². The Kier molecular flexibility index (Phi) is 8.90. The molecule has 3 heterocycles. The second kappa shape index (κ2) is 12.4. The van der Waals surface area contributed by atoms with Crippen molar-refractivity contribution in [1.82, 2.24) is 0 Å². The molecular formula is C28H32O16. The summed E-state index contributed by atoms with van der Waals surface area (Å²) >= 11 is 0. The Hall–Kier alpha value is -3.71. The molecular weight excluding hydrogens is 592 g/mol. The molecule has 0 aliphatic carbocycles. The number of rotatable bonds is 7. The van der Waals surface area contributed by atoms with Crippen molar-refractivity contribution < 1.29 is 74.1 Å². The highest BCUT2D eigenvalue weighted by Gasteiger charge is 2.47. The Bertz CT molecular complexity index is 1560. The van der Waals surface area contributed by atoms with Crippen LogP contribution in [-0.2, 0) is 14.2 Å². The molecule has 0 bridgehead atoms. The Morgan fingerprint density at radius 3 is 2.16 bits per heavy atom. The Morgan fingerprint density at radius 1 is 0.795 bits per heavy atom. The molecule has 0 radical (unpaired) electrons. The monoisotopic (exact) mass is 624 g/mol. The van der Waals surface area contributed by atoms with Crippen LogP contribution < -0.4 is 14.9 Å². The van der Waals surface area contributed by atoms with Crippen LogP contribution in [0.4, 0.5) is 0 Å². The van der Waals surface area contributed by atoms with Crippen LogP contribution in [-0.4, -0.2) is 121 Å². The molecule has 0 spiro atoms. The van der Waals surface area contributed by atoms with E-state index < -0.39 is 90.7 Å². The van der Waals surface area contributed by atoms with Crippen molar-refractivity contribution >= 4 is 11.0 Å². The zero-order valence-corrected chi connectivity index (χ0v) is 23.3. The summed E-state index contributed by atoms with van der Waals surface area (Å²) in [5.41, 5.74) is -0.650. The summed E-state index contributed by atoms with van der Waals surface area (Å²) in [5, 5.41) is 91.8. The van der Waals surface area contributed by atoms with E-state index in [1.165, 1.54) is 38.3 Å². The number of aliphatic hydroxyl groups excluding tert-OH is 6. The van der Waals surface area contributed by atoms with Gasteiger partial charge in [0.1, 0.15) is 59.5 Å². The number of hydrogen-bond donors (Lipinski definition) is 9. The number of ether oxygens (including phenoxy) is 5. The molecule has 44 heavy (non-hydrogen) atoms. The summed E-state index contributed by atoms with van der Waals surface area (Å²) in [6.07, 6.45) is -15.6.